The number of fused-ring (bicyclic) bond motifs is 1. The van der Waals surface area contributed by atoms with Crippen LogP contribution in [0.1, 0.15) is 37.9 Å². The first-order valence-corrected chi connectivity index (χ1v) is 9.48. The molecule has 1 aliphatic rings. The minimum Gasteiger partial charge on any atom is -0.355 e. The van der Waals surface area contributed by atoms with Crippen LogP contribution in [0.4, 0.5) is 0 Å². The highest BCUT2D eigenvalue weighted by Gasteiger charge is 2.21. The van der Waals surface area contributed by atoms with Crippen LogP contribution >= 0.6 is 0 Å². The lowest BCUT2D eigenvalue weighted by molar-refractivity contribution is -0.125. The predicted molar refractivity (Wildman–Crippen MR) is 102 cm³/mol. The van der Waals surface area contributed by atoms with Crippen molar-refractivity contribution in [2.45, 2.75) is 38.5 Å². The molecule has 1 fully saturated rings. The maximum absolute atomic E-state index is 12.4. The minimum absolute atomic E-state index is 0.193. The van der Waals surface area contributed by atoms with Crippen molar-refractivity contribution in [3.8, 4) is 5.69 Å². The number of aromatic nitrogens is 3. The van der Waals surface area contributed by atoms with Crippen molar-refractivity contribution < 1.29 is 4.79 Å². The topological polar surface area (TPSA) is 59.8 Å². The standard InChI is InChI=1S/C21H24N4O/c26-21(16-8-3-1-4-9-16)23-15-13-19-24-18-12-7-14-22-20(18)25(19)17-10-5-2-6-11-17/h2,5-7,10-12,14,16H,1,3-4,8-9,13,15H2,(H,23,26). The first kappa shape index (κ1) is 16.8. The Labute approximate surface area is 153 Å². The molecule has 3 aromatic rings. The Balaban J connectivity index is 1.52. The van der Waals surface area contributed by atoms with Gasteiger partial charge in [-0.25, -0.2) is 9.97 Å². The van der Waals surface area contributed by atoms with Crippen LogP contribution in [0.15, 0.2) is 48.7 Å². The van der Waals surface area contributed by atoms with E-state index in [4.69, 9.17) is 4.98 Å². The SMILES string of the molecule is O=C(NCCc1nc2cccnc2n1-c1ccccc1)C1CCCCC1. The third-order valence-electron chi connectivity index (χ3n) is 5.12. The molecule has 0 saturated heterocycles. The summed E-state index contributed by atoms with van der Waals surface area (Å²) in [5.41, 5.74) is 2.78. The van der Waals surface area contributed by atoms with E-state index in [1.54, 1.807) is 6.20 Å². The number of hydrogen-bond donors (Lipinski definition) is 1. The molecule has 0 radical (unpaired) electrons. The molecule has 5 heteroatoms. The summed E-state index contributed by atoms with van der Waals surface area (Å²) in [6.45, 7) is 0.603. The molecule has 2 heterocycles. The molecule has 0 bridgehead atoms. The monoisotopic (exact) mass is 348 g/mol. The van der Waals surface area contributed by atoms with Gasteiger partial charge in [0, 0.05) is 30.8 Å². The molecule has 26 heavy (non-hydrogen) atoms. The number of hydrogen-bond acceptors (Lipinski definition) is 3. The highest BCUT2D eigenvalue weighted by atomic mass is 16.1. The van der Waals surface area contributed by atoms with Crippen LogP contribution in [0.5, 0.6) is 0 Å². The molecule has 0 unspecified atom stereocenters. The van der Waals surface area contributed by atoms with Crippen LogP contribution in [0.25, 0.3) is 16.9 Å². The number of carbonyl (C=O) groups is 1. The molecule has 1 amide bonds. The van der Waals surface area contributed by atoms with Crippen molar-refractivity contribution >= 4 is 17.1 Å². The number of para-hydroxylation sites is 1. The number of rotatable bonds is 5. The van der Waals surface area contributed by atoms with Crippen molar-refractivity contribution in [2.75, 3.05) is 6.54 Å². The third kappa shape index (κ3) is 3.47. The van der Waals surface area contributed by atoms with E-state index >= 15 is 0 Å². The second kappa shape index (κ2) is 7.68. The predicted octanol–water partition coefficient (Wildman–Crippen LogP) is 3.66. The molecule has 1 aromatic carbocycles. The van der Waals surface area contributed by atoms with Gasteiger partial charge in [0.05, 0.1) is 0 Å². The van der Waals surface area contributed by atoms with Gasteiger partial charge >= 0.3 is 0 Å². The van der Waals surface area contributed by atoms with Crippen molar-refractivity contribution in [2.24, 2.45) is 5.92 Å². The van der Waals surface area contributed by atoms with Gasteiger partial charge in [0.1, 0.15) is 11.3 Å². The molecule has 4 rings (SSSR count). The van der Waals surface area contributed by atoms with E-state index in [-0.39, 0.29) is 11.8 Å². The largest absolute Gasteiger partial charge is 0.355 e. The van der Waals surface area contributed by atoms with Gasteiger partial charge < -0.3 is 5.32 Å². The second-order valence-corrected chi connectivity index (χ2v) is 6.92. The molecule has 1 aliphatic carbocycles. The van der Waals surface area contributed by atoms with E-state index in [2.05, 4.69) is 27.0 Å². The quantitative estimate of drug-likeness (QED) is 0.765. The Bertz CT molecular complexity index is 881. The number of amides is 1. The zero-order valence-electron chi connectivity index (χ0n) is 14.9. The number of imidazole rings is 1. The lowest BCUT2D eigenvalue weighted by atomic mass is 9.89. The normalized spacial score (nSPS) is 15.2. The Morgan fingerprint density at radius 1 is 1.08 bits per heavy atom. The average Bonchev–Trinajstić information content (AvgIpc) is 3.07. The van der Waals surface area contributed by atoms with Crippen LogP contribution in [0.3, 0.4) is 0 Å². The Kier molecular flexibility index (Phi) is 4.95. The van der Waals surface area contributed by atoms with Crippen molar-refractivity contribution in [3.05, 3.63) is 54.5 Å². The molecule has 2 aromatic heterocycles. The van der Waals surface area contributed by atoms with E-state index in [0.717, 1.165) is 35.5 Å². The van der Waals surface area contributed by atoms with Gasteiger partial charge in [-0.05, 0) is 37.1 Å². The van der Waals surface area contributed by atoms with E-state index in [0.29, 0.717) is 13.0 Å². The van der Waals surface area contributed by atoms with E-state index in [9.17, 15) is 4.79 Å². The smallest absolute Gasteiger partial charge is 0.223 e. The minimum atomic E-state index is 0.193. The van der Waals surface area contributed by atoms with Crippen molar-refractivity contribution in [3.63, 3.8) is 0 Å². The van der Waals surface area contributed by atoms with Crippen LogP contribution in [-0.4, -0.2) is 27.0 Å². The number of benzene rings is 1. The maximum atomic E-state index is 12.4. The zero-order valence-corrected chi connectivity index (χ0v) is 14.9. The summed E-state index contributed by atoms with van der Waals surface area (Å²) >= 11 is 0. The lowest BCUT2D eigenvalue weighted by Gasteiger charge is -2.20. The summed E-state index contributed by atoms with van der Waals surface area (Å²) in [5.74, 6) is 1.32. The van der Waals surface area contributed by atoms with Gasteiger partial charge in [-0.15, -0.1) is 0 Å². The molecule has 5 nitrogen and oxygen atoms in total. The summed E-state index contributed by atoms with van der Waals surface area (Å²) in [6, 6.07) is 14.0. The zero-order chi connectivity index (χ0) is 17.8. The number of pyridine rings is 1. The molecular weight excluding hydrogens is 324 g/mol. The van der Waals surface area contributed by atoms with Gasteiger partial charge in [-0.1, -0.05) is 37.5 Å². The number of nitrogens with zero attached hydrogens (tertiary/aromatic N) is 3. The third-order valence-corrected chi connectivity index (χ3v) is 5.12. The molecular formula is C21H24N4O. The maximum Gasteiger partial charge on any atom is 0.223 e. The number of carbonyl (C=O) groups excluding carboxylic acids is 1. The van der Waals surface area contributed by atoms with Crippen LogP contribution in [0.2, 0.25) is 0 Å². The Morgan fingerprint density at radius 2 is 1.88 bits per heavy atom. The van der Waals surface area contributed by atoms with Crippen LogP contribution in [-0.2, 0) is 11.2 Å². The van der Waals surface area contributed by atoms with Gasteiger partial charge in [0.2, 0.25) is 5.91 Å². The summed E-state index contributed by atoms with van der Waals surface area (Å²) < 4.78 is 2.09. The molecule has 0 aliphatic heterocycles. The van der Waals surface area contributed by atoms with Crippen molar-refractivity contribution in [1.82, 2.24) is 19.9 Å². The fourth-order valence-electron chi connectivity index (χ4n) is 3.78. The molecule has 0 atom stereocenters. The summed E-state index contributed by atoms with van der Waals surface area (Å²) in [7, 11) is 0. The molecule has 1 saturated carbocycles. The first-order chi connectivity index (χ1) is 12.8. The fourth-order valence-corrected chi connectivity index (χ4v) is 3.78. The number of nitrogens with one attached hydrogen (secondary N) is 1. The van der Waals surface area contributed by atoms with Crippen molar-refractivity contribution in [1.29, 1.82) is 0 Å². The summed E-state index contributed by atoms with van der Waals surface area (Å²) in [6.07, 6.45) is 8.14. The summed E-state index contributed by atoms with van der Waals surface area (Å²) in [4.78, 5) is 21.6. The highest BCUT2D eigenvalue weighted by Crippen LogP contribution is 2.24. The van der Waals surface area contributed by atoms with Gasteiger partial charge in [0.15, 0.2) is 5.65 Å². The molecule has 134 valence electrons. The second-order valence-electron chi connectivity index (χ2n) is 6.92. The van der Waals surface area contributed by atoms with E-state index in [1.165, 1.54) is 19.3 Å². The molecule has 0 spiro atoms. The summed E-state index contributed by atoms with van der Waals surface area (Å²) in [5, 5.41) is 3.11. The molecule has 1 N–H and O–H groups in total. The van der Waals surface area contributed by atoms with E-state index < -0.39 is 0 Å². The van der Waals surface area contributed by atoms with Gasteiger partial charge in [-0.3, -0.25) is 9.36 Å². The highest BCUT2D eigenvalue weighted by molar-refractivity contribution is 5.78. The fraction of sp³-hybridized carbons (Fsp3) is 0.381. The Hall–Kier alpha value is -2.69. The van der Waals surface area contributed by atoms with Gasteiger partial charge in [0.25, 0.3) is 0 Å². The Morgan fingerprint density at radius 3 is 2.69 bits per heavy atom. The van der Waals surface area contributed by atoms with E-state index in [1.807, 2.05) is 30.3 Å². The van der Waals surface area contributed by atoms with Crippen LogP contribution < -0.4 is 5.32 Å². The van der Waals surface area contributed by atoms with Crippen LogP contribution in [0, 0.1) is 5.92 Å². The van der Waals surface area contributed by atoms with Gasteiger partial charge in [-0.2, -0.15) is 0 Å². The average molecular weight is 348 g/mol. The first-order valence-electron chi connectivity index (χ1n) is 9.48. The lowest BCUT2D eigenvalue weighted by Crippen LogP contribution is -2.33.